The molecule has 0 radical (unpaired) electrons. The Balaban J connectivity index is 0.00000200. The second-order valence-corrected chi connectivity index (χ2v) is 4.95. The van der Waals surface area contributed by atoms with Crippen LogP contribution in [0.3, 0.4) is 0 Å². The van der Waals surface area contributed by atoms with E-state index in [1.165, 1.54) is 19.4 Å². The first-order chi connectivity index (χ1) is 9.20. The number of likely N-dealkylation sites (tertiary alicyclic amines) is 1. The molecule has 1 saturated heterocycles. The molecule has 3 N–H and O–H groups in total. The average Bonchev–Trinajstić information content (AvgIpc) is 3.02. The zero-order valence-electron chi connectivity index (χ0n) is 12.2. The van der Waals surface area contributed by atoms with Crippen LogP contribution in [0.15, 0.2) is 17.3 Å². The van der Waals surface area contributed by atoms with E-state index in [1.807, 2.05) is 17.8 Å². The summed E-state index contributed by atoms with van der Waals surface area (Å²) in [6.45, 7) is 5.97. The maximum absolute atomic E-state index is 5.90. The van der Waals surface area contributed by atoms with Crippen LogP contribution in [0.25, 0.3) is 0 Å². The topological polar surface area (TPSA) is 71.5 Å². The fraction of sp³-hybridized carbons (Fsp3) is 0.692. The number of aryl methyl sites for hydroxylation is 1. The van der Waals surface area contributed by atoms with Crippen molar-refractivity contribution in [3.05, 3.63) is 18.0 Å². The van der Waals surface area contributed by atoms with Crippen LogP contribution in [0, 0.1) is 0 Å². The monoisotopic (exact) mass is 392 g/mol. The molecular formula is C13H25IN6. The Morgan fingerprint density at radius 2 is 2.40 bits per heavy atom. The molecule has 2 rings (SSSR count). The van der Waals surface area contributed by atoms with Crippen molar-refractivity contribution in [2.75, 3.05) is 19.6 Å². The number of rotatable bonds is 5. The third kappa shape index (κ3) is 4.62. The Morgan fingerprint density at radius 3 is 3.05 bits per heavy atom. The molecule has 20 heavy (non-hydrogen) atoms. The van der Waals surface area contributed by atoms with Gasteiger partial charge in [-0.25, -0.2) is 4.99 Å². The van der Waals surface area contributed by atoms with Gasteiger partial charge in [0, 0.05) is 25.8 Å². The molecule has 1 fully saturated rings. The van der Waals surface area contributed by atoms with Crippen LogP contribution in [-0.2, 0) is 13.6 Å². The third-order valence-electron chi connectivity index (χ3n) is 3.76. The van der Waals surface area contributed by atoms with E-state index in [1.54, 1.807) is 6.20 Å². The van der Waals surface area contributed by atoms with E-state index in [0.717, 1.165) is 18.8 Å². The number of guanidine groups is 1. The lowest BCUT2D eigenvalue weighted by molar-refractivity contribution is 0.267. The summed E-state index contributed by atoms with van der Waals surface area (Å²) in [6.07, 6.45) is 4.30. The molecule has 1 unspecified atom stereocenters. The molecule has 0 aliphatic carbocycles. The van der Waals surface area contributed by atoms with Crippen LogP contribution in [0.1, 0.15) is 25.5 Å². The molecule has 0 amide bonds. The Hall–Kier alpha value is -0.830. The van der Waals surface area contributed by atoms with E-state index in [9.17, 15) is 0 Å². The number of nitrogens with one attached hydrogen (secondary N) is 1. The lowest BCUT2D eigenvalue weighted by Gasteiger charge is -2.23. The molecule has 1 aromatic rings. The predicted octanol–water partition coefficient (Wildman–Crippen LogP) is 0.927. The van der Waals surface area contributed by atoms with Crippen molar-refractivity contribution in [2.45, 2.75) is 32.4 Å². The molecule has 6 nitrogen and oxygen atoms in total. The van der Waals surface area contributed by atoms with Crippen molar-refractivity contribution in [1.82, 2.24) is 20.0 Å². The van der Waals surface area contributed by atoms with E-state index in [-0.39, 0.29) is 24.0 Å². The smallest absolute Gasteiger partial charge is 0.189 e. The van der Waals surface area contributed by atoms with Gasteiger partial charge < -0.3 is 11.1 Å². The lowest BCUT2D eigenvalue weighted by Crippen LogP contribution is -2.42. The van der Waals surface area contributed by atoms with Crippen molar-refractivity contribution < 1.29 is 0 Å². The summed E-state index contributed by atoms with van der Waals surface area (Å²) in [4.78, 5) is 6.83. The van der Waals surface area contributed by atoms with E-state index < -0.39 is 0 Å². The molecule has 0 spiro atoms. The van der Waals surface area contributed by atoms with Crippen LogP contribution in [-0.4, -0.2) is 46.3 Å². The fourth-order valence-electron chi connectivity index (χ4n) is 2.54. The van der Waals surface area contributed by atoms with Gasteiger partial charge in [0.15, 0.2) is 5.96 Å². The summed E-state index contributed by atoms with van der Waals surface area (Å²) >= 11 is 0. The number of nitrogens with zero attached hydrogens (tertiary/aromatic N) is 4. The summed E-state index contributed by atoms with van der Waals surface area (Å²) < 4.78 is 1.81. The minimum Gasteiger partial charge on any atom is -0.370 e. The van der Waals surface area contributed by atoms with Crippen LogP contribution < -0.4 is 11.1 Å². The maximum atomic E-state index is 5.90. The Kier molecular flexibility index (Phi) is 7.28. The van der Waals surface area contributed by atoms with Crippen LogP contribution in [0.4, 0.5) is 0 Å². The second-order valence-electron chi connectivity index (χ2n) is 4.95. The van der Waals surface area contributed by atoms with E-state index in [4.69, 9.17) is 5.73 Å². The van der Waals surface area contributed by atoms with E-state index >= 15 is 0 Å². The van der Waals surface area contributed by atoms with Crippen molar-refractivity contribution in [2.24, 2.45) is 17.8 Å². The molecule has 114 valence electrons. The van der Waals surface area contributed by atoms with Crippen LogP contribution in [0.5, 0.6) is 0 Å². The highest BCUT2D eigenvalue weighted by atomic mass is 127. The first-order valence-corrected chi connectivity index (χ1v) is 6.95. The van der Waals surface area contributed by atoms with Gasteiger partial charge in [0.1, 0.15) is 0 Å². The molecule has 0 saturated carbocycles. The van der Waals surface area contributed by atoms with Gasteiger partial charge in [0.25, 0.3) is 0 Å². The van der Waals surface area contributed by atoms with E-state index in [0.29, 0.717) is 18.5 Å². The van der Waals surface area contributed by atoms with E-state index in [2.05, 4.69) is 27.2 Å². The predicted molar refractivity (Wildman–Crippen MR) is 92.2 cm³/mol. The Morgan fingerprint density at radius 1 is 1.60 bits per heavy atom. The van der Waals surface area contributed by atoms with Gasteiger partial charge in [-0.3, -0.25) is 9.58 Å². The number of halogens is 1. The molecule has 2 heterocycles. The molecule has 7 heteroatoms. The molecule has 0 aromatic carbocycles. The number of likely N-dealkylation sites (N-methyl/N-ethyl adjacent to an activating group) is 1. The van der Waals surface area contributed by atoms with Crippen molar-refractivity contribution in [3.63, 3.8) is 0 Å². The van der Waals surface area contributed by atoms with Crippen molar-refractivity contribution in [3.8, 4) is 0 Å². The normalized spacial score (nSPS) is 19.9. The summed E-state index contributed by atoms with van der Waals surface area (Å²) in [5, 5.41) is 7.33. The second kappa shape index (κ2) is 8.46. The first-order valence-electron chi connectivity index (χ1n) is 6.95. The van der Waals surface area contributed by atoms with Crippen molar-refractivity contribution in [1.29, 1.82) is 0 Å². The van der Waals surface area contributed by atoms with Gasteiger partial charge in [-0.05, 0) is 32.0 Å². The molecule has 1 aliphatic rings. The maximum Gasteiger partial charge on any atom is 0.189 e. The van der Waals surface area contributed by atoms with Gasteiger partial charge in [0.05, 0.1) is 12.2 Å². The highest BCUT2D eigenvalue weighted by Gasteiger charge is 2.22. The number of nitrogens with two attached hydrogens (primary N) is 1. The minimum atomic E-state index is 0. The third-order valence-corrected chi connectivity index (χ3v) is 3.76. The SMILES string of the molecule is CCN1CCCC1CNC(N)=NCc1ccnn1C.I. The minimum absolute atomic E-state index is 0. The lowest BCUT2D eigenvalue weighted by atomic mass is 10.2. The van der Waals surface area contributed by atoms with Gasteiger partial charge in [-0.1, -0.05) is 6.92 Å². The molecule has 1 atom stereocenters. The Labute approximate surface area is 137 Å². The standard InChI is InChI=1S/C13H24N6.HI/c1-3-19-8-4-5-12(19)10-16-13(14)15-9-11-6-7-17-18(11)2;/h6-7,12H,3-5,8-10H2,1-2H3,(H3,14,15,16);1H. The molecule has 0 bridgehead atoms. The quantitative estimate of drug-likeness (QED) is 0.444. The average molecular weight is 392 g/mol. The largest absolute Gasteiger partial charge is 0.370 e. The number of hydrogen-bond acceptors (Lipinski definition) is 3. The van der Waals surface area contributed by atoms with Gasteiger partial charge in [-0.15, -0.1) is 24.0 Å². The van der Waals surface area contributed by atoms with Crippen LogP contribution in [0.2, 0.25) is 0 Å². The number of aromatic nitrogens is 2. The van der Waals surface area contributed by atoms with Crippen LogP contribution >= 0.6 is 24.0 Å². The highest BCUT2D eigenvalue weighted by molar-refractivity contribution is 14.0. The molecule has 1 aromatic heterocycles. The van der Waals surface area contributed by atoms with Gasteiger partial charge >= 0.3 is 0 Å². The summed E-state index contributed by atoms with van der Waals surface area (Å²) in [5.41, 5.74) is 6.95. The zero-order valence-corrected chi connectivity index (χ0v) is 14.6. The number of aliphatic imine (C=N–C) groups is 1. The summed E-state index contributed by atoms with van der Waals surface area (Å²) in [6, 6.07) is 2.54. The Bertz CT molecular complexity index is 430. The fourth-order valence-corrected chi connectivity index (χ4v) is 2.54. The summed E-state index contributed by atoms with van der Waals surface area (Å²) in [7, 11) is 1.91. The van der Waals surface area contributed by atoms with Gasteiger partial charge in [-0.2, -0.15) is 5.10 Å². The molecule has 1 aliphatic heterocycles. The summed E-state index contributed by atoms with van der Waals surface area (Å²) in [5.74, 6) is 0.518. The number of hydrogen-bond donors (Lipinski definition) is 2. The highest BCUT2D eigenvalue weighted by Crippen LogP contribution is 2.15. The molecular weight excluding hydrogens is 367 g/mol. The first kappa shape index (κ1) is 17.2. The van der Waals surface area contributed by atoms with Gasteiger partial charge in [0.2, 0.25) is 0 Å². The van der Waals surface area contributed by atoms with Crippen molar-refractivity contribution >= 4 is 29.9 Å². The zero-order chi connectivity index (χ0) is 13.7.